The average Bonchev–Trinajstić information content (AvgIpc) is 2.71. The molecule has 88 valence electrons. The molecule has 0 saturated carbocycles. The number of carboxylic acids is 1. The molecule has 1 N–H and O–H groups in total. The lowest BCUT2D eigenvalue weighted by Crippen LogP contribution is -2.23. The van der Waals surface area contributed by atoms with Gasteiger partial charge in [-0.05, 0) is 18.1 Å². The zero-order valence-electron chi connectivity index (χ0n) is 9.50. The molecule has 2 rings (SSSR count). The van der Waals surface area contributed by atoms with Crippen molar-refractivity contribution in [3.8, 4) is 6.07 Å². The summed E-state index contributed by atoms with van der Waals surface area (Å²) in [6.45, 7) is 3.13. The summed E-state index contributed by atoms with van der Waals surface area (Å²) >= 11 is 0. The van der Waals surface area contributed by atoms with Gasteiger partial charge in [-0.2, -0.15) is 5.26 Å². The van der Waals surface area contributed by atoms with E-state index in [4.69, 9.17) is 10.4 Å². The first kappa shape index (κ1) is 11.4. The van der Waals surface area contributed by atoms with Crippen molar-refractivity contribution in [3.05, 3.63) is 24.0 Å². The van der Waals surface area contributed by atoms with Crippen LogP contribution in [0.15, 0.2) is 18.3 Å². The van der Waals surface area contributed by atoms with Crippen LogP contribution in [0.25, 0.3) is 0 Å². The average molecular weight is 231 g/mol. The molecule has 5 nitrogen and oxygen atoms in total. The number of anilines is 1. The Morgan fingerprint density at radius 1 is 1.65 bits per heavy atom. The third kappa shape index (κ3) is 2.21. The van der Waals surface area contributed by atoms with Crippen LogP contribution >= 0.6 is 0 Å². The number of hydrogen-bond acceptors (Lipinski definition) is 4. The number of rotatable bonds is 2. The van der Waals surface area contributed by atoms with Crippen LogP contribution in [0.5, 0.6) is 0 Å². The monoisotopic (exact) mass is 231 g/mol. The van der Waals surface area contributed by atoms with E-state index in [0.29, 0.717) is 18.8 Å². The Morgan fingerprint density at radius 3 is 3.00 bits per heavy atom. The van der Waals surface area contributed by atoms with Gasteiger partial charge >= 0.3 is 5.97 Å². The predicted octanol–water partition coefficient (Wildman–Crippen LogP) is 1.11. The molecule has 5 heteroatoms. The van der Waals surface area contributed by atoms with E-state index < -0.39 is 5.97 Å². The lowest BCUT2D eigenvalue weighted by atomic mass is 9.99. The lowest BCUT2D eigenvalue weighted by Gasteiger charge is -2.17. The van der Waals surface area contributed by atoms with Crippen LogP contribution < -0.4 is 4.90 Å². The highest BCUT2D eigenvalue weighted by Crippen LogP contribution is 2.28. The van der Waals surface area contributed by atoms with E-state index in [2.05, 4.69) is 4.98 Å². The molecule has 1 aliphatic rings. The van der Waals surface area contributed by atoms with Crippen LogP contribution in [-0.2, 0) is 4.79 Å². The molecule has 0 bridgehead atoms. The molecule has 1 aliphatic heterocycles. The maximum absolute atomic E-state index is 11.0. The highest BCUT2D eigenvalue weighted by molar-refractivity contribution is 5.72. The Morgan fingerprint density at radius 2 is 2.41 bits per heavy atom. The molecule has 1 saturated heterocycles. The fourth-order valence-electron chi connectivity index (χ4n) is 2.18. The molecule has 0 amide bonds. The maximum Gasteiger partial charge on any atom is 0.308 e. The van der Waals surface area contributed by atoms with Gasteiger partial charge < -0.3 is 10.0 Å². The summed E-state index contributed by atoms with van der Waals surface area (Å²) < 4.78 is 0. The molecule has 0 aliphatic carbocycles. The smallest absolute Gasteiger partial charge is 0.308 e. The number of aromatic nitrogens is 1. The van der Waals surface area contributed by atoms with Crippen LogP contribution in [0.4, 0.5) is 5.69 Å². The van der Waals surface area contributed by atoms with Crippen LogP contribution in [0, 0.1) is 23.2 Å². The largest absolute Gasteiger partial charge is 0.481 e. The number of hydrogen-bond donors (Lipinski definition) is 1. The van der Waals surface area contributed by atoms with Gasteiger partial charge in [-0.15, -0.1) is 0 Å². The Balaban J connectivity index is 2.20. The van der Waals surface area contributed by atoms with Gasteiger partial charge in [0, 0.05) is 25.0 Å². The second-order valence-electron chi connectivity index (χ2n) is 4.34. The summed E-state index contributed by atoms with van der Waals surface area (Å²) in [4.78, 5) is 16.9. The summed E-state index contributed by atoms with van der Waals surface area (Å²) in [5.74, 6) is -0.977. The van der Waals surface area contributed by atoms with E-state index in [1.165, 1.54) is 0 Å². The molecular formula is C12H13N3O2. The van der Waals surface area contributed by atoms with Gasteiger partial charge in [-0.1, -0.05) is 6.92 Å². The zero-order chi connectivity index (χ0) is 12.4. The maximum atomic E-state index is 11.0. The normalized spacial score (nSPS) is 23.4. The first-order valence-corrected chi connectivity index (χ1v) is 5.45. The van der Waals surface area contributed by atoms with Crippen molar-refractivity contribution in [2.45, 2.75) is 6.92 Å². The quantitative estimate of drug-likeness (QED) is 0.825. The van der Waals surface area contributed by atoms with Crippen LogP contribution in [-0.4, -0.2) is 29.1 Å². The molecule has 1 fully saturated rings. The summed E-state index contributed by atoms with van der Waals surface area (Å²) in [5.41, 5.74) is 1.22. The minimum absolute atomic E-state index is 0.117. The fourth-order valence-corrected chi connectivity index (χ4v) is 2.18. The van der Waals surface area contributed by atoms with Crippen molar-refractivity contribution in [2.24, 2.45) is 11.8 Å². The number of nitrogens with zero attached hydrogens (tertiary/aromatic N) is 3. The Bertz CT molecular complexity index is 481. The molecule has 1 aromatic rings. The lowest BCUT2D eigenvalue weighted by molar-refractivity contribution is -0.142. The SMILES string of the molecule is CC1CN(c2ccnc(C#N)c2)CC1C(=O)O. The molecular weight excluding hydrogens is 218 g/mol. The fraction of sp³-hybridized carbons (Fsp3) is 0.417. The first-order valence-electron chi connectivity index (χ1n) is 5.45. The van der Waals surface area contributed by atoms with Gasteiger partial charge in [0.2, 0.25) is 0 Å². The minimum Gasteiger partial charge on any atom is -0.481 e. The van der Waals surface area contributed by atoms with Crippen molar-refractivity contribution in [1.82, 2.24) is 4.98 Å². The van der Waals surface area contributed by atoms with Crippen molar-refractivity contribution in [1.29, 1.82) is 5.26 Å². The van der Waals surface area contributed by atoms with Gasteiger partial charge in [-0.3, -0.25) is 4.79 Å². The molecule has 2 unspecified atom stereocenters. The molecule has 0 aromatic carbocycles. The van der Waals surface area contributed by atoms with Gasteiger partial charge in [0.05, 0.1) is 5.92 Å². The van der Waals surface area contributed by atoms with E-state index >= 15 is 0 Å². The van der Waals surface area contributed by atoms with Gasteiger partial charge in [0.1, 0.15) is 11.8 Å². The van der Waals surface area contributed by atoms with Crippen molar-refractivity contribution in [2.75, 3.05) is 18.0 Å². The zero-order valence-corrected chi connectivity index (χ0v) is 9.50. The van der Waals surface area contributed by atoms with Crippen LogP contribution in [0.3, 0.4) is 0 Å². The van der Waals surface area contributed by atoms with Crippen molar-refractivity contribution < 1.29 is 9.90 Å². The van der Waals surface area contributed by atoms with Crippen molar-refractivity contribution >= 4 is 11.7 Å². The van der Waals surface area contributed by atoms with Gasteiger partial charge in [-0.25, -0.2) is 4.98 Å². The van der Waals surface area contributed by atoms with E-state index in [1.807, 2.05) is 17.9 Å². The second-order valence-corrected chi connectivity index (χ2v) is 4.34. The van der Waals surface area contributed by atoms with E-state index in [0.717, 1.165) is 5.69 Å². The number of pyridine rings is 1. The molecule has 2 heterocycles. The van der Waals surface area contributed by atoms with Gasteiger partial charge in [0.15, 0.2) is 0 Å². The number of carbonyl (C=O) groups is 1. The molecule has 2 atom stereocenters. The van der Waals surface area contributed by atoms with E-state index in [1.54, 1.807) is 18.3 Å². The first-order chi connectivity index (χ1) is 8.11. The predicted molar refractivity (Wildman–Crippen MR) is 61.5 cm³/mol. The number of carboxylic acid groups (broad SMARTS) is 1. The van der Waals surface area contributed by atoms with Crippen LogP contribution in [0.2, 0.25) is 0 Å². The topological polar surface area (TPSA) is 77.2 Å². The highest BCUT2D eigenvalue weighted by Gasteiger charge is 2.34. The standard InChI is InChI=1S/C12H13N3O2/c1-8-6-15(7-11(8)12(16)17)10-2-3-14-9(4-10)5-13/h2-4,8,11H,6-7H2,1H3,(H,16,17). The number of nitriles is 1. The molecule has 0 spiro atoms. The third-order valence-corrected chi connectivity index (χ3v) is 3.15. The Hall–Kier alpha value is -2.09. The van der Waals surface area contributed by atoms with Crippen molar-refractivity contribution in [3.63, 3.8) is 0 Å². The van der Waals surface area contributed by atoms with E-state index in [9.17, 15) is 4.79 Å². The summed E-state index contributed by atoms with van der Waals surface area (Å²) in [6.07, 6.45) is 1.58. The number of aliphatic carboxylic acids is 1. The summed E-state index contributed by atoms with van der Waals surface area (Å²) in [5, 5.41) is 17.8. The van der Waals surface area contributed by atoms with Crippen LogP contribution in [0.1, 0.15) is 12.6 Å². The van der Waals surface area contributed by atoms with Gasteiger partial charge in [0.25, 0.3) is 0 Å². The summed E-state index contributed by atoms with van der Waals surface area (Å²) in [6, 6.07) is 5.48. The molecule has 0 radical (unpaired) electrons. The summed E-state index contributed by atoms with van der Waals surface area (Å²) in [7, 11) is 0. The Labute approximate surface area is 99.3 Å². The minimum atomic E-state index is -0.755. The molecule has 17 heavy (non-hydrogen) atoms. The van der Waals surface area contributed by atoms with E-state index in [-0.39, 0.29) is 11.8 Å². The highest BCUT2D eigenvalue weighted by atomic mass is 16.4. The Kier molecular flexibility index (Phi) is 2.96. The molecule has 1 aromatic heterocycles. The second kappa shape index (κ2) is 4.42. The third-order valence-electron chi connectivity index (χ3n) is 3.15.